The van der Waals surface area contributed by atoms with Crippen LogP contribution in [-0.2, 0) is 12.8 Å². The Labute approximate surface area is 93.2 Å². The van der Waals surface area contributed by atoms with Crippen LogP contribution in [0.25, 0.3) is 0 Å². The molecule has 0 radical (unpaired) electrons. The molecular formula is C11H14N2O3. The SMILES string of the molecule is CNc1cc2c(cc1[N+](=O)[O-])CC(CO)C2. The fourth-order valence-electron chi connectivity index (χ4n) is 2.23. The minimum Gasteiger partial charge on any atom is -0.396 e. The van der Waals surface area contributed by atoms with Gasteiger partial charge in [-0.3, -0.25) is 10.1 Å². The monoisotopic (exact) mass is 222 g/mol. The summed E-state index contributed by atoms with van der Waals surface area (Å²) in [4.78, 5) is 10.5. The van der Waals surface area contributed by atoms with Crippen molar-refractivity contribution >= 4 is 11.4 Å². The van der Waals surface area contributed by atoms with Gasteiger partial charge < -0.3 is 10.4 Å². The summed E-state index contributed by atoms with van der Waals surface area (Å²) in [6, 6.07) is 3.44. The van der Waals surface area contributed by atoms with Crippen LogP contribution in [0.4, 0.5) is 11.4 Å². The second-order valence-corrected chi connectivity index (χ2v) is 4.10. The first kappa shape index (κ1) is 10.9. The summed E-state index contributed by atoms with van der Waals surface area (Å²) in [5.41, 5.74) is 2.75. The second-order valence-electron chi connectivity index (χ2n) is 4.10. The first-order valence-electron chi connectivity index (χ1n) is 5.24. The van der Waals surface area contributed by atoms with Gasteiger partial charge in [0.05, 0.1) is 4.92 Å². The summed E-state index contributed by atoms with van der Waals surface area (Å²) < 4.78 is 0. The molecule has 0 saturated carbocycles. The van der Waals surface area contributed by atoms with Gasteiger partial charge in [-0.2, -0.15) is 0 Å². The number of anilines is 1. The van der Waals surface area contributed by atoms with Crippen molar-refractivity contribution in [2.24, 2.45) is 5.92 Å². The third-order valence-electron chi connectivity index (χ3n) is 3.06. The van der Waals surface area contributed by atoms with Crippen molar-refractivity contribution in [1.29, 1.82) is 0 Å². The third-order valence-corrected chi connectivity index (χ3v) is 3.06. The average Bonchev–Trinajstić information content (AvgIpc) is 2.68. The molecule has 0 heterocycles. The Morgan fingerprint density at radius 2 is 2.12 bits per heavy atom. The van der Waals surface area contributed by atoms with Crippen LogP contribution in [0.15, 0.2) is 12.1 Å². The van der Waals surface area contributed by atoms with Crippen LogP contribution < -0.4 is 5.32 Å². The maximum absolute atomic E-state index is 10.8. The van der Waals surface area contributed by atoms with Crippen LogP contribution >= 0.6 is 0 Å². The number of fused-ring (bicyclic) bond motifs is 1. The highest BCUT2D eigenvalue weighted by Gasteiger charge is 2.25. The standard InChI is InChI=1S/C11H14N2O3/c1-12-10-4-8-2-7(6-14)3-9(8)5-11(10)13(15)16/h4-5,7,12,14H,2-3,6H2,1H3. The van der Waals surface area contributed by atoms with E-state index >= 15 is 0 Å². The van der Waals surface area contributed by atoms with E-state index in [2.05, 4.69) is 5.32 Å². The van der Waals surface area contributed by atoms with E-state index in [1.807, 2.05) is 6.07 Å². The van der Waals surface area contributed by atoms with E-state index in [1.54, 1.807) is 13.1 Å². The zero-order valence-corrected chi connectivity index (χ0v) is 9.06. The Hall–Kier alpha value is -1.62. The zero-order chi connectivity index (χ0) is 11.7. The molecule has 86 valence electrons. The number of aliphatic hydroxyl groups excluding tert-OH is 1. The molecule has 0 aliphatic heterocycles. The molecule has 1 aromatic rings. The van der Waals surface area contributed by atoms with Gasteiger partial charge in [-0.15, -0.1) is 0 Å². The van der Waals surface area contributed by atoms with Crippen molar-refractivity contribution in [2.75, 3.05) is 19.0 Å². The molecule has 0 spiro atoms. The van der Waals surface area contributed by atoms with E-state index in [4.69, 9.17) is 5.11 Å². The van der Waals surface area contributed by atoms with Gasteiger partial charge in [0.15, 0.2) is 0 Å². The number of rotatable bonds is 3. The molecule has 1 aromatic carbocycles. The van der Waals surface area contributed by atoms with Crippen molar-refractivity contribution in [3.63, 3.8) is 0 Å². The van der Waals surface area contributed by atoms with Gasteiger partial charge in [-0.25, -0.2) is 0 Å². The van der Waals surface area contributed by atoms with Gasteiger partial charge in [-0.05, 0) is 36.0 Å². The molecule has 1 atom stereocenters. The molecule has 16 heavy (non-hydrogen) atoms. The van der Waals surface area contributed by atoms with Crippen LogP contribution in [-0.4, -0.2) is 23.7 Å². The molecule has 1 aliphatic carbocycles. The fraction of sp³-hybridized carbons (Fsp3) is 0.455. The van der Waals surface area contributed by atoms with Crippen molar-refractivity contribution in [1.82, 2.24) is 0 Å². The molecular weight excluding hydrogens is 208 g/mol. The highest BCUT2D eigenvalue weighted by atomic mass is 16.6. The lowest BCUT2D eigenvalue weighted by Gasteiger charge is -2.05. The lowest BCUT2D eigenvalue weighted by molar-refractivity contribution is -0.384. The summed E-state index contributed by atoms with van der Waals surface area (Å²) in [7, 11) is 1.67. The first-order valence-corrected chi connectivity index (χ1v) is 5.24. The minimum atomic E-state index is -0.377. The Bertz CT molecular complexity index is 431. The van der Waals surface area contributed by atoms with Crippen LogP contribution in [0.1, 0.15) is 11.1 Å². The summed E-state index contributed by atoms with van der Waals surface area (Å²) in [5, 5.41) is 22.8. The maximum atomic E-state index is 10.8. The zero-order valence-electron chi connectivity index (χ0n) is 9.06. The van der Waals surface area contributed by atoms with Gasteiger partial charge in [0.2, 0.25) is 0 Å². The molecule has 5 heteroatoms. The summed E-state index contributed by atoms with van der Waals surface area (Å²) in [5.74, 6) is 0.210. The number of benzene rings is 1. The number of nitro groups is 1. The molecule has 0 fully saturated rings. The molecule has 0 saturated heterocycles. The Morgan fingerprint density at radius 1 is 1.50 bits per heavy atom. The predicted octanol–water partition coefficient (Wildman–Crippen LogP) is 1.34. The van der Waals surface area contributed by atoms with Gasteiger partial charge in [0, 0.05) is 19.7 Å². The number of hydrogen-bond donors (Lipinski definition) is 2. The van der Waals surface area contributed by atoms with Crippen molar-refractivity contribution in [3.05, 3.63) is 33.4 Å². The van der Waals surface area contributed by atoms with Crippen molar-refractivity contribution in [3.8, 4) is 0 Å². The normalized spacial score (nSPS) is 18.2. The Kier molecular flexibility index (Phi) is 2.78. The number of hydrogen-bond acceptors (Lipinski definition) is 4. The lowest BCUT2D eigenvalue weighted by Crippen LogP contribution is -2.04. The molecule has 1 aliphatic rings. The molecule has 5 nitrogen and oxygen atoms in total. The Morgan fingerprint density at radius 3 is 2.62 bits per heavy atom. The molecule has 0 bridgehead atoms. The largest absolute Gasteiger partial charge is 0.396 e. The average molecular weight is 222 g/mol. The van der Waals surface area contributed by atoms with E-state index in [1.165, 1.54) is 0 Å². The quantitative estimate of drug-likeness (QED) is 0.597. The second kappa shape index (κ2) is 4.09. The molecule has 0 aromatic heterocycles. The molecule has 2 rings (SSSR count). The van der Waals surface area contributed by atoms with Crippen molar-refractivity contribution < 1.29 is 10.0 Å². The summed E-state index contributed by atoms with van der Waals surface area (Å²) in [6.45, 7) is 0.136. The molecule has 0 amide bonds. The number of nitrogens with one attached hydrogen (secondary N) is 1. The minimum absolute atomic E-state index is 0.111. The Balaban J connectivity index is 2.42. The lowest BCUT2D eigenvalue weighted by atomic mass is 10.1. The van der Waals surface area contributed by atoms with Crippen LogP contribution in [0.2, 0.25) is 0 Å². The van der Waals surface area contributed by atoms with E-state index in [0.717, 1.165) is 24.0 Å². The summed E-state index contributed by atoms with van der Waals surface area (Å²) >= 11 is 0. The predicted molar refractivity (Wildman–Crippen MR) is 60.6 cm³/mol. The van der Waals surface area contributed by atoms with E-state index in [9.17, 15) is 10.1 Å². The third kappa shape index (κ3) is 1.74. The van der Waals surface area contributed by atoms with Crippen LogP contribution in [0.3, 0.4) is 0 Å². The molecule has 1 unspecified atom stereocenters. The maximum Gasteiger partial charge on any atom is 0.292 e. The van der Waals surface area contributed by atoms with Gasteiger partial charge >= 0.3 is 0 Å². The highest BCUT2D eigenvalue weighted by molar-refractivity contribution is 5.65. The highest BCUT2D eigenvalue weighted by Crippen LogP contribution is 2.34. The first-order chi connectivity index (χ1) is 7.65. The smallest absolute Gasteiger partial charge is 0.292 e. The number of nitrogens with zero attached hydrogens (tertiary/aromatic N) is 1. The summed E-state index contributed by atoms with van der Waals surface area (Å²) in [6.07, 6.45) is 1.54. The number of aliphatic hydroxyl groups is 1. The topological polar surface area (TPSA) is 75.4 Å². The van der Waals surface area contributed by atoms with Gasteiger partial charge in [0.25, 0.3) is 5.69 Å². The molecule has 2 N–H and O–H groups in total. The van der Waals surface area contributed by atoms with Gasteiger partial charge in [0.1, 0.15) is 5.69 Å². The van der Waals surface area contributed by atoms with Gasteiger partial charge in [-0.1, -0.05) is 0 Å². The number of nitro benzene ring substituents is 1. The van der Waals surface area contributed by atoms with E-state index in [0.29, 0.717) is 5.69 Å². The fourth-order valence-corrected chi connectivity index (χ4v) is 2.23. The van der Waals surface area contributed by atoms with Crippen LogP contribution in [0.5, 0.6) is 0 Å². The van der Waals surface area contributed by atoms with E-state index < -0.39 is 0 Å². The van der Waals surface area contributed by atoms with E-state index in [-0.39, 0.29) is 23.1 Å². The van der Waals surface area contributed by atoms with Crippen LogP contribution in [0, 0.1) is 16.0 Å². The van der Waals surface area contributed by atoms with Crippen molar-refractivity contribution in [2.45, 2.75) is 12.8 Å².